The Morgan fingerprint density at radius 3 is 2.36 bits per heavy atom. The molecule has 4 saturated heterocycles. The van der Waals surface area contributed by atoms with Crippen LogP contribution in [0.4, 0.5) is 0 Å². The summed E-state index contributed by atoms with van der Waals surface area (Å²) in [5.74, 6) is -0.369. The van der Waals surface area contributed by atoms with Gasteiger partial charge in [0.25, 0.3) is 0 Å². The van der Waals surface area contributed by atoms with E-state index in [9.17, 15) is 9.59 Å². The number of quaternary nitrogens is 1. The summed E-state index contributed by atoms with van der Waals surface area (Å²) in [5, 5.41) is 0.720. The molecule has 172 valence electrons. The number of fused-ring (bicyclic) bond motifs is 1. The van der Waals surface area contributed by atoms with Crippen LogP contribution in [0.2, 0.25) is 0 Å². The van der Waals surface area contributed by atoms with Crippen LogP contribution in [0.5, 0.6) is 5.75 Å². The summed E-state index contributed by atoms with van der Waals surface area (Å²) in [6, 6.07) is 14.4. The molecule has 10 heteroatoms. The van der Waals surface area contributed by atoms with Gasteiger partial charge in [-0.2, -0.15) is 0 Å². The smallest absolute Gasteiger partial charge is 0.351 e. The van der Waals surface area contributed by atoms with Gasteiger partial charge in [0.15, 0.2) is 0 Å². The van der Waals surface area contributed by atoms with E-state index in [2.05, 4.69) is 30.6 Å². The lowest BCUT2D eigenvalue weighted by molar-refractivity contribution is -0.991. The second kappa shape index (κ2) is 8.50. The van der Waals surface area contributed by atoms with Crippen molar-refractivity contribution < 1.29 is 30.8 Å². The third kappa shape index (κ3) is 4.32. The molecule has 0 radical (unpaired) electrons. The summed E-state index contributed by atoms with van der Waals surface area (Å²) >= 11 is 3.35. The minimum Gasteiger partial charge on any atom is -1.00 e. The van der Waals surface area contributed by atoms with Gasteiger partial charge in [-0.05, 0) is 42.5 Å². The Hall–Kier alpha value is -2.27. The highest BCUT2D eigenvalue weighted by Crippen LogP contribution is 2.31. The lowest BCUT2D eigenvalue weighted by Crippen LogP contribution is -3.00. The highest BCUT2D eigenvalue weighted by atomic mass is 79.9. The molecular formula is C23H22BrClN4O4. The van der Waals surface area contributed by atoms with Crippen molar-refractivity contribution in [1.29, 1.82) is 0 Å². The summed E-state index contributed by atoms with van der Waals surface area (Å²) in [6.45, 7) is 7.14. The molecule has 0 unspecified atom stereocenters. The minimum atomic E-state index is -0.727. The predicted molar refractivity (Wildman–Crippen MR) is 120 cm³/mol. The summed E-state index contributed by atoms with van der Waals surface area (Å²) < 4.78 is 12.6. The van der Waals surface area contributed by atoms with E-state index in [1.165, 1.54) is 0 Å². The zero-order chi connectivity index (χ0) is 21.9. The molecule has 7 rings (SSSR count). The lowest BCUT2D eigenvalue weighted by Gasteiger charge is -2.60. The quantitative estimate of drug-likeness (QED) is 0.199. The van der Waals surface area contributed by atoms with Crippen LogP contribution in [-0.4, -0.2) is 65.2 Å². The van der Waals surface area contributed by atoms with E-state index in [4.69, 9.17) is 9.15 Å². The second-order valence-electron chi connectivity index (χ2n) is 9.03. The molecule has 4 bridgehead atoms. The Bertz CT molecular complexity index is 1260. The van der Waals surface area contributed by atoms with Gasteiger partial charge in [0.05, 0.1) is 20.0 Å². The third-order valence-electron chi connectivity index (χ3n) is 6.24. The van der Waals surface area contributed by atoms with Gasteiger partial charge in [0.2, 0.25) is 0 Å². The van der Waals surface area contributed by atoms with E-state index in [1.54, 1.807) is 24.3 Å². The van der Waals surface area contributed by atoms with Crippen LogP contribution >= 0.6 is 15.9 Å². The largest absolute Gasteiger partial charge is 1.00 e. The van der Waals surface area contributed by atoms with Crippen LogP contribution in [0.25, 0.3) is 11.0 Å². The van der Waals surface area contributed by atoms with Crippen LogP contribution in [0.15, 0.2) is 62.2 Å². The van der Waals surface area contributed by atoms with Crippen molar-refractivity contribution >= 4 is 32.9 Å². The Kier molecular flexibility index (Phi) is 5.80. The lowest BCUT2D eigenvalue weighted by atomic mass is 10.1. The van der Waals surface area contributed by atoms with Crippen LogP contribution in [0.1, 0.15) is 15.9 Å². The third-order valence-corrected chi connectivity index (χ3v) is 6.73. The molecule has 4 aliphatic heterocycles. The van der Waals surface area contributed by atoms with Crippen molar-refractivity contribution in [2.75, 3.05) is 40.0 Å². The molecule has 4 fully saturated rings. The highest BCUT2D eigenvalue weighted by molar-refractivity contribution is 9.10. The first-order valence-electron chi connectivity index (χ1n) is 10.5. The maximum atomic E-state index is 12.7. The average Bonchev–Trinajstić information content (AvgIpc) is 2.72. The standard InChI is InChI=1S/C23H22BrN4O4.ClH/c24-18-2-1-3-19(8-18)31-22(29)20-7-17-6-16(4-5-21(17)32-23(20)30)9-28-13-25-10-26(14-28)12-27(11-25)15-28;/h1-8H,9-15H2;1H/q+1;/p-1. The number of benzene rings is 2. The molecular weight excluding hydrogens is 512 g/mol. The van der Waals surface area contributed by atoms with E-state index in [0.29, 0.717) is 11.3 Å². The van der Waals surface area contributed by atoms with Crippen LogP contribution < -0.4 is 22.8 Å². The molecule has 0 spiro atoms. The summed E-state index contributed by atoms with van der Waals surface area (Å²) in [4.78, 5) is 32.5. The number of nitrogens with zero attached hydrogens (tertiary/aromatic N) is 4. The maximum Gasteiger partial charge on any atom is 0.351 e. The molecule has 0 amide bonds. The first-order chi connectivity index (χ1) is 15.4. The zero-order valence-corrected chi connectivity index (χ0v) is 20.1. The second-order valence-corrected chi connectivity index (χ2v) is 9.94. The van der Waals surface area contributed by atoms with Gasteiger partial charge in [-0.15, -0.1) is 0 Å². The number of ether oxygens (including phenoxy) is 1. The minimum absolute atomic E-state index is 0. The predicted octanol–water partition coefficient (Wildman–Crippen LogP) is -0.213. The van der Waals surface area contributed by atoms with Crippen LogP contribution in [0.3, 0.4) is 0 Å². The van der Waals surface area contributed by atoms with Crippen molar-refractivity contribution in [2.45, 2.75) is 6.54 Å². The number of hydrogen-bond donors (Lipinski definition) is 0. The maximum absolute atomic E-state index is 12.7. The van der Waals surface area contributed by atoms with E-state index in [0.717, 1.165) is 66.5 Å². The number of carbonyl (C=O) groups is 1. The molecule has 1 aromatic heterocycles. The SMILES string of the molecule is O=C(Oc1cccc(Br)c1)c1cc2cc(C[N+]34CN5CN(CN(C5)C3)C4)ccc2oc1=O.[Cl-]. The van der Waals surface area contributed by atoms with Crippen molar-refractivity contribution in [3.8, 4) is 5.75 Å². The number of esters is 1. The monoisotopic (exact) mass is 532 g/mol. The Morgan fingerprint density at radius 2 is 1.70 bits per heavy atom. The first-order valence-corrected chi connectivity index (χ1v) is 11.3. The Balaban J connectivity index is 0.00000228. The van der Waals surface area contributed by atoms with Gasteiger partial charge < -0.3 is 21.6 Å². The molecule has 0 N–H and O–H groups in total. The molecule has 33 heavy (non-hydrogen) atoms. The van der Waals surface area contributed by atoms with Gasteiger partial charge in [0, 0.05) is 15.4 Å². The molecule has 8 nitrogen and oxygen atoms in total. The van der Waals surface area contributed by atoms with Gasteiger partial charge in [0.1, 0.15) is 43.4 Å². The van der Waals surface area contributed by atoms with Gasteiger partial charge in [-0.1, -0.05) is 22.0 Å². The molecule has 2 aromatic carbocycles. The highest BCUT2D eigenvalue weighted by Gasteiger charge is 2.48. The summed E-state index contributed by atoms with van der Waals surface area (Å²) in [7, 11) is 0. The molecule has 3 aromatic rings. The van der Waals surface area contributed by atoms with Gasteiger partial charge >= 0.3 is 11.6 Å². The molecule has 5 heterocycles. The average molecular weight is 534 g/mol. The summed E-state index contributed by atoms with van der Waals surface area (Å²) in [6.07, 6.45) is 0. The number of carbonyl (C=O) groups excluding carboxylic acids is 1. The normalized spacial score (nSPS) is 27.4. The molecule has 0 saturated carbocycles. The van der Waals surface area contributed by atoms with E-state index >= 15 is 0 Å². The Morgan fingerprint density at radius 1 is 1.00 bits per heavy atom. The zero-order valence-electron chi connectivity index (χ0n) is 17.7. The summed E-state index contributed by atoms with van der Waals surface area (Å²) in [5.41, 5.74) is 0.813. The van der Waals surface area contributed by atoms with Crippen molar-refractivity contribution in [3.63, 3.8) is 0 Å². The van der Waals surface area contributed by atoms with Crippen molar-refractivity contribution in [2.24, 2.45) is 0 Å². The Labute approximate surface area is 205 Å². The van der Waals surface area contributed by atoms with Gasteiger partial charge in [-0.3, -0.25) is 4.48 Å². The van der Waals surface area contributed by atoms with Crippen LogP contribution in [-0.2, 0) is 6.54 Å². The molecule has 0 aliphatic carbocycles. The van der Waals surface area contributed by atoms with E-state index in [1.807, 2.05) is 24.3 Å². The fourth-order valence-electron chi connectivity index (χ4n) is 5.30. The number of rotatable bonds is 4. The van der Waals surface area contributed by atoms with Crippen LogP contribution in [0, 0.1) is 0 Å². The van der Waals surface area contributed by atoms with Crippen molar-refractivity contribution in [1.82, 2.24) is 14.7 Å². The first kappa shape index (κ1) is 22.5. The molecule has 0 atom stereocenters. The number of halogens is 2. The fraction of sp³-hybridized carbons (Fsp3) is 0.304. The van der Waals surface area contributed by atoms with Crippen molar-refractivity contribution in [3.05, 3.63) is 74.6 Å². The number of hydrogen-bond acceptors (Lipinski definition) is 7. The van der Waals surface area contributed by atoms with E-state index < -0.39 is 11.6 Å². The van der Waals surface area contributed by atoms with E-state index in [-0.39, 0.29) is 18.0 Å². The topological polar surface area (TPSA) is 66.2 Å². The fourth-order valence-corrected chi connectivity index (χ4v) is 5.68. The molecule has 4 aliphatic rings. The van der Waals surface area contributed by atoms with Gasteiger partial charge in [-0.25, -0.2) is 24.3 Å².